The highest BCUT2D eigenvalue weighted by Gasteiger charge is 2.29. The molecule has 2 aromatic carbocycles. The Hall–Kier alpha value is -3.59. The molecule has 1 saturated carbocycles. The molecule has 0 radical (unpaired) electrons. The molecule has 0 bridgehead atoms. The average molecular weight is 474 g/mol. The van der Waals surface area contributed by atoms with Crippen LogP contribution in [0.2, 0.25) is 0 Å². The van der Waals surface area contributed by atoms with E-state index in [1.807, 2.05) is 18.3 Å². The van der Waals surface area contributed by atoms with Gasteiger partial charge in [-0.25, -0.2) is 14.4 Å². The normalized spacial score (nSPS) is 20.5. The first-order valence-corrected chi connectivity index (χ1v) is 12.1. The van der Waals surface area contributed by atoms with E-state index in [9.17, 15) is 9.18 Å². The lowest BCUT2D eigenvalue weighted by molar-refractivity contribution is 0.102. The number of benzene rings is 2. The van der Waals surface area contributed by atoms with Crippen molar-refractivity contribution >= 4 is 39.1 Å². The van der Waals surface area contributed by atoms with E-state index in [4.69, 9.17) is 4.98 Å². The average Bonchev–Trinajstić information content (AvgIpc) is 3.59. The van der Waals surface area contributed by atoms with Gasteiger partial charge in [-0.2, -0.15) is 5.10 Å². The molecule has 6 rings (SSSR count). The van der Waals surface area contributed by atoms with Crippen LogP contribution in [0.1, 0.15) is 48.8 Å². The molecular weight excluding hydrogens is 445 g/mol. The number of amides is 1. The minimum absolute atomic E-state index is 0.279. The minimum atomic E-state index is -0.473. The van der Waals surface area contributed by atoms with Crippen LogP contribution in [-0.2, 0) is 7.05 Å². The lowest BCUT2D eigenvalue weighted by atomic mass is 10.0. The fraction of sp³-hybridized carbons (Fsp3) is 0.385. The predicted octanol–water partition coefficient (Wildman–Crippen LogP) is 3.97. The fourth-order valence-corrected chi connectivity index (χ4v) is 5.12. The van der Waals surface area contributed by atoms with Gasteiger partial charge in [-0.3, -0.25) is 9.48 Å². The molecule has 2 N–H and O–H groups in total. The van der Waals surface area contributed by atoms with Crippen LogP contribution in [0.3, 0.4) is 0 Å². The van der Waals surface area contributed by atoms with E-state index in [2.05, 4.69) is 39.5 Å². The number of carbonyl (C=O) groups is 1. The second kappa shape index (κ2) is 8.27. The molecule has 3 heterocycles. The number of piperazine rings is 1. The molecule has 9 heteroatoms. The van der Waals surface area contributed by atoms with Crippen LogP contribution >= 0.6 is 0 Å². The first-order chi connectivity index (χ1) is 16.9. The monoisotopic (exact) mass is 473 g/mol. The standard InChI is InChI=1S/C26H28FN7O/c1-14-11-34(12-15(2)29-14)22-7-6-19(24-20(22)10-28-25(31-24)16-4-5-16)26(35)30-18-8-17-13-33(3)32-23(17)21(27)9-18/h6-10,13-16,29H,4-5,11-12H2,1-3H3,(H,30,35)/t14-,15-/m1/s1. The van der Waals surface area contributed by atoms with E-state index >= 15 is 0 Å². The molecule has 4 aromatic rings. The van der Waals surface area contributed by atoms with Crippen molar-refractivity contribution in [3.63, 3.8) is 0 Å². The number of halogens is 1. The number of aryl methyl sites for hydroxylation is 1. The van der Waals surface area contributed by atoms with Gasteiger partial charge in [0.25, 0.3) is 5.91 Å². The van der Waals surface area contributed by atoms with Crippen molar-refractivity contribution < 1.29 is 9.18 Å². The summed E-state index contributed by atoms with van der Waals surface area (Å²) >= 11 is 0. The van der Waals surface area contributed by atoms with Crippen LogP contribution in [-0.4, -0.2) is 50.8 Å². The van der Waals surface area contributed by atoms with E-state index in [1.165, 1.54) is 6.07 Å². The van der Waals surface area contributed by atoms with Gasteiger partial charge >= 0.3 is 0 Å². The van der Waals surface area contributed by atoms with Gasteiger partial charge < -0.3 is 15.5 Å². The first-order valence-electron chi connectivity index (χ1n) is 12.1. The van der Waals surface area contributed by atoms with Crippen LogP contribution in [0.4, 0.5) is 15.8 Å². The molecule has 2 fully saturated rings. The number of carbonyl (C=O) groups excluding carboxylic acids is 1. The Morgan fingerprint density at radius 2 is 1.91 bits per heavy atom. The van der Waals surface area contributed by atoms with Crippen molar-refractivity contribution in [2.24, 2.45) is 7.05 Å². The zero-order valence-corrected chi connectivity index (χ0v) is 20.0. The maximum Gasteiger partial charge on any atom is 0.257 e. The van der Waals surface area contributed by atoms with Crippen molar-refractivity contribution in [2.45, 2.75) is 44.7 Å². The fourth-order valence-electron chi connectivity index (χ4n) is 5.12. The summed E-state index contributed by atoms with van der Waals surface area (Å²) in [5.41, 5.74) is 2.78. The maximum atomic E-state index is 14.6. The first kappa shape index (κ1) is 21.9. The Balaban J connectivity index is 1.40. The van der Waals surface area contributed by atoms with Gasteiger partial charge in [-0.15, -0.1) is 0 Å². The van der Waals surface area contributed by atoms with Crippen LogP contribution in [0, 0.1) is 5.82 Å². The SMILES string of the molecule is C[C@@H]1CN(c2ccc(C(=O)Nc3cc(F)c4nn(C)cc4c3)c3nc(C4CC4)ncc23)C[C@@H](C)N1. The largest absolute Gasteiger partial charge is 0.368 e. The molecule has 2 atom stereocenters. The number of hydrogen-bond donors (Lipinski definition) is 2. The smallest absolute Gasteiger partial charge is 0.257 e. The summed E-state index contributed by atoms with van der Waals surface area (Å²) < 4.78 is 16.1. The number of nitrogens with zero attached hydrogens (tertiary/aromatic N) is 5. The summed E-state index contributed by atoms with van der Waals surface area (Å²) in [5.74, 6) is 0.347. The van der Waals surface area contributed by atoms with E-state index in [1.54, 1.807) is 24.0 Å². The van der Waals surface area contributed by atoms with Crippen molar-refractivity contribution in [3.05, 3.63) is 53.9 Å². The highest BCUT2D eigenvalue weighted by atomic mass is 19.1. The van der Waals surface area contributed by atoms with Crippen LogP contribution in [0.5, 0.6) is 0 Å². The van der Waals surface area contributed by atoms with Gasteiger partial charge in [0.1, 0.15) is 11.3 Å². The Morgan fingerprint density at radius 1 is 1.14 bits per heavy atom. The summed E-state index contributed by atoms with van der Waals surface area (Å²) in [5, 5.41) is 12.0. The van der Waals surface area contributed by atoms with Gasteiger partial charge in [0.05, 0.1) is 11.1 Å². The summed E-state index contributed by atoms with van der Waals surface area (Å²) in [6.07, 6.45) is 5.73. The summed E-state index contributed by atoms with van der Waals surface area (Å²) in [6.45, 7) is 6.07. The number of aromatic nitrogens is 4. The minimum Gasteiger partial charge on any atom is -0.368 e. The zero-order valence-electron chi connectivity index (χ0n) is 20.0. The highest BCUT2D eigenvalue weighted by molar-refractivity contribution is 6.14. The third-order valence-corrected chi connectivity index (χ3v) is 6.77. The van der Waals surface area contributed by atoms with E-state index < -0.39 is 5.82 Å². The number of rotatable bonds is 4. The molecule has 0 spiro atoms. The van der Waals surface area contributed by atoms with Gasteiger partial charge in [0.15, 0.2) is 5.82 Å². The maximum absolute atomic E-state index is 14.6. The van der Waals surface area contributed by atoms with Crippen molar-refractivity contribution in [1.82, 2.24) is 25.1 Å². The molecule has 2 aromatic heterocycles. The molecule has 2 aliphatic rings. The van der Waals surface area contributed by atoms with E-state index in [0.29, 0.717) is 40.2 Å². The number of hydrogen-bond acceptors (Lipinski definition) is 6. The molecule has 8 nitrogen and oxygen atoms in total. The lowest BCUT2D eigenvalue weighted by Crippen LogP contribution is -2.54. The summed E-state index contributed by atoms with van der Waals surface area (Å²) in [6, 6.07) is 7.54. The lowest BCUT2D eigenvalue weighted by Gasteiger charge is -2.38. The Kier molecular flexibility index (Phi) is 5.17. The Bertz CT molecular complexity index is 1450. The second-order valence-electron chi connectivity index (χ2n) is 9.92. The van der Waals surface area contributed by atoms with Gasteiger partial charge in [-0.1, -0.05) is 0 Å². The van der Waals surface area contributed by atoms with Crippen LogP contribution < -0.4 is 15.5 Å². The number of anilines is 2. The van der Waals surface area contributed by atoms with Crippen LogP contribution in [0.25, 0.3) is 21.8 Å². The van der Waals surface area contributed by atoms with Gasteiger partial charge in [0, 0.05) is 72.7 Å². The molecular formula is C26H28FN7O. The summed E-state index contributed by atoms with van der Waals surface area (Å²) in [7, 11) is 1.74. The Morgan fingerprint density at radius 3 is 2.66 bits per heavy atom. The molecule has 1 aliphatic heterocycles. The van der Waals surface area contributed by atoms with Crippen molar-refractivity contribution in [3.8, 4) is 0 Å². The molecule has 35 heavy (non-hydrogen) atoms. The third kappa shape index (κ3) is 4.10. The molecule has 0 unspecified atom stereocenters. The van der Waals surface area contributed by atoms with Crippen molar-refractivity contribution in [1.29, 1.82) is 0 Å². The van der Waals surface area contributed by atoms with E-state index in [-0.39, 0.29) is 11.4 Å². The Labute approximate surface area is 202 Å². The topological polar surface area (TPSA) is 88.0 Å². The van der Waals surface area contributed by atoms with Gasteiger partial charge in [0.2, 0.25) is 0 Å². The molecule has 1 saturated heterocycles. The van der Waals surface area contributed by atoms with Gasteiger partial charge in [-0.05, 0) is 51.0 Å². The molecule has 180 valence electrons. The highest BCUT2D eigenvalue weighted by Crippen LogP contribution is 2.39. The quantitative estimate of drug-likeness (QED) is 0.466. The zero-order chi connectivity index (χ0) is 24.3. The third-order valence-electron chi connectivity index (χ3n) is 6.77. The summed E-state index contributed by atoms with van der Waals surface area (Å²) in [4.78, 5) is 25.3. The van der Waals surface area contributed by atoms with Crippen molar-refractivity contribution in [2.75, 3.05) is 23.3 Å². The number of nitrogens with one attached hydrogen (secondary N) is 2. The number of fused-ring (bicyclic) bond motifs is 2. The second-order valence-corrected chi connectivity index (χ2v) is 9.92. The predicted molar refractivity (Wildman–Crippen MR) is 134 cm³/mol. The molecule has 1 amide bonds. The molecule has 1 aliphatic carbocycles. The van der Waals surface area contributed by atoms with Crippen LogP contribution in [0.15, 0.2) is 36.7 Å². The van der Waals surface area contributed by atoms with E-state index in [0.717, 1.165) is 42.8 Å².